The lowest BCUT2D eigenvalue weighted by Crippen LogP contribution is -2.41. The molecular weight excluding hydrogens is 326 g/mol. The van der Waals surface area contributed by atoms with E-state index in [1.54, 1.807) is 6.07 Å². The Kier molecular flexibility index (Phi) is 3.69. The summed E-state index contributed by atoms with van der Waals surface area (Å²) in [5, 5.41) is 3.86. The van der Waals surface area contributed by atoms with Crippen LogP contribution in [-0.2, 0) is 4.79 Å². The van der Waals surface area contributed by atoms with Crippen molar-refractivity contribution in [2.45, 2.75) is 44.1 Å². The molecule has 2 saturated carbocycles. The Bertz CT molecular complexity index is 942. The lowest BCUT2D eigenvalue weighted by molar-refractivity contribution is -0.127. The van der Waals surface area contributed by atoms with Crippen molar-refractivity contribution in [1.82, 2.24) is 15.3 Å². The first-order valence-electron chi connectivity index (χ1n) is 9.68. The second kappa shape index (κ2) is 6.08. The number of allylic oxidation sites excluding steroid dienone is 2. The van der Waals surface area contributed by atoms with E-state index in [1.807, 2.05) is 18.2 Å². The van der Waals surface area contributed by atoms with Crippen LogP contribution >= 0.6 is 0 Å². The first-order valence-corrected chi connectivity index (χ1v) is 9.68. The highest BCUT2D eigenvalue weighted by molar-refractivity contribution is 5.82. The number of nitrogens with one attached hydrogen (secondary N) is 2. The molecule has 1 heterocycles. The van der Waals surface area contributed by atoms with E-state index >= 15 is 0 Å². The molecule has 3 aliphatic rings. The quantitative estimate of drug-likeness (QED) is 0.837. The SMILES string of the molecule is O=C(NC1CCCC1)[C@@H]1[C@H](c2nc3ccccc3c(=O)[nH]2)[C@@H]2C=C[C@H]1C2. The van der Waals surface area contributed by atoms with Gasteiger partial charge in [0.15, 0.2) is 0 Å². The monoisotopic (exact) mass is 349 g/mol. The van der Waals surface area contributed by atoms with E-state index in [0.717, 1.165) is 19.3 Å². The molecule has 0 radical (unpaired) electrons. The van der Waals surface area contributed by atoms with Crippen molar-refractivity contribution in [3.8, 4) is 0 Å². The minimum atomic E-state index is -0.130. The molecule has 0 unspecified atom stereocenters. The molecule has 26 heavy (non-hydrogen) atoms. The van der Waals surface area contributed by atoms with Crippen LogP contribution in [0.1, 0.15) is 43.8 Å². The van der Waals surface area contributed by atoms with Gasteiger partial charge < -0.3 is 10.3 Å². The highest BCUT2D eigenvalue weighted by Gasteiger charge is 2.50. The van der Waals surface area contributed by atoms with Crippen LogP contribution in [0.5, 0.6) is 0 Å². The molecule has 1 aromatic heterocycles. The zero-order chi connectivity index (χ0) is 17.7. The molecule has 2 fully saturated rings. The maximum absolute atomic E-state index is 13.1. The van der Waals surface area contributed by atoms with Crippen molar-refractivity contribution in [2.75, 3.05) is 0 Å². The summed E-state index contributed by atoms with van der Waals surface area (Å²) in [5.74, 6) is 1.16. The van der Waals surface area contributed by atoms with E-state index in [-0.39, 0.29) is 35.1 Å². The van der Waals surface area contributed by atoms with Crippen LogP contribution in [0.3, 0.4) is 0 Å². The Labute approximate surface area is 151 Å². The molecule has 5 heteroatoms. The highest BCUT2D eigenvalue weighted by Crippen LogP contribution is 2.52. The largest absolute Gasteiger partial charge is 0.353 e. The molecular formula is C21H23N3O2. The van der Waals surface area contributed by atoms with Gasteiger partial charge in [0, 0.05) is 12.0 Å². The van der Waals surface area contributed by atoms with Gasteiger partial charge in [-0.25, -0.2) is 4.98 Å². The minimum absolute atomic E-state index is 0.0382. The number of nitrogens with zero attached hydrogens (tertiary/aromatic N) is 1. The zero-order valence-corrected chi connectivity index (χ0v) is 14.7. The van der Waals surface area contributed by atoms with Crippen molar-refractivity contribution >= 4 is 16.8 Å². The van der Waals surface area contributed by atoms with Gasteiger partial charge in [-0.05, 0) is 43.2 Å². The summed E-state index contributed by atoms with van der Waals surface area (Å²) in [4.78, 5) is 33.3. The number of amides is 1. The van der Waals surface area contributed by atoms with Gasteiger partial charge in [0.25, 0.3) is 5.56 Å². The number of fused-ring (bicyclic) bond motifs is 3. The average molecular weight is 349 g/mol. The van der Waals surface area contributed by atoms with Gasteiger partial charge in [0.2, 0.25) is 5.91 Å². The maximum Gasteiger partial charge on any atom is 0.258 e. The molecule has 1 amide bonds. The van der Waals surface area contributed by atoms with Crippen LogP contribution in [0, 0.1) is 17.8 Å². The maximum atomic E-state index is 13.1. The number of carbonyl (C=O) groups is 1. The summed E-state index contributed by atoms with van der Waals surface area (Å²) in [5.41, 5.74) is 0.584. The third-order valence-corrected chi connectivity index (χ3v) is 6.41. The van der Waals surface area contributed by atoms with Crippen molar-refractivity contribution in [2.24, 2.45) is 17.8 Å². The first-order chi connectivity index (χ1) is 12.7. The number of hydrogen-bond donors (Lipinski definition) is 2. The summed E-state index contributed by atoms with van der Waals surface area (Å²) in [6.45, 7) is 0. The number of aromatic nitrogens is 2. The van der Waals surface area contributed by atoms with Gasteiger partial charge in [-0.1, -0.05) is 37.1 Å². The second-order valence-electron chi connectivity index (χ2n) is 7.96. The number of para-hydroxylation sites is 1. The third-order valence-electron chi connectivity index (χ3n) is 6.41. The van der Waals surface area contributed by atoms with Crippen molar-refractivity contribution in [3.63, 3.8) is 0 Å². The number of H-pyrrole nitrogens is 1. The second-order valence-corrected chi connectivity index (χ2v) is 7.96. The lowest BCUT2D eigenvalue weighted by atomic mass is 9.81. The Morgan fingerprint density at radius 2 is 1.88 bits per heavy atom. The van der Waals surface area contributed by atoms with Crippen LogP contribution in [0.2, 0.25) is 0 Å². The normalized spacial score (nSPS) is 30.3. The standard InChI is InChI=1S/C21H23N3O2/c25-20-15-7-3-4-8-16(15)23-19(24-20)17-12-9-10-13(11-12)18(17)21(26)22-14-5-1-2-6-14/h3-4,7-10,12-14,17-18H,1-2,5-6,11H2,(H,22,26)(H,23,24,25)/t12-,13+,17-,18+/m1/s1. The molecule has 2 N–H and O–H groups in total. The van der Waals surface area contributed by atoms with Gasteiger partial charge >= 0.3 is 0 Å². The Morgan fingerprint density at radius 3 is 2.73 bits per heavy atom. The molecule has 134 valence electrons. The number of carbonyl (C=O) groups excluding carboxylic acids is 1. The van der Waals surface area contributed by atoms with E-state index in [4.69, 9.17) is 4.98 Å². The number of hydrogen-bond acceptors (Lipinski definition) is 3. The molecule has 4 atom stereocenters. The number of aromatic amines is 1. The zero-order valence-electron chi connectivity index (χ0n) is 14.7. The summed E-state index contributed by atoms with van der Waals surface area (Å²) in [6.07, 6.45) is 9.92. The van der Waals surface area contributed by atoms with Crippen LogP contribution in [0.25, 0.3) is 10.9 Å². The first kappa shape index (κ1) is 15.8. The Morgan fingerprint density at radius 1 is 1.12 bits per heavy atom. The molecule has 2 aromatic rings. The predicted octanol–water partition coefficient (Wildman–Crippen LogP) is 2.89. The molecule has 5 rings (SSSR count). The van der Waals surface area contributed by atoms with Crippen LogP contribution in [0.15, 0.2) is 41.2 Å². The van der Waals surface area contributed by atoms with Crippen LogP contribution < -0.4 is 10.9 Å². The summed E-state index contributed by atoms with van der Waals surface area (Å²) < 4.78 is 0. The fourth-order valence-corrected chi connectivity index (χ4v) is 5.18. The molecule has 0 saturated heterocycles. The van der Waals surface area contributed by atoms with E-state index in [2.05, 4.69) is 22.5 Å². The van der Waals surface area contributed by atoms with Crippen molar-refractivity contribution in [3.05, 3.63) is 52.6 Å². The van der Waals surface area contributed by atoms with E-state index < -0.39 is 0 Å². The van der Waals surface area contributed by atoms with E-state index in [0.29, 0.717) is 22.8 Å². The fraction of sp³-hybridized carbons (Fsp3) is 0.476. The van der Waals surface area contributed by atoms with Gasteiger partial charge in [-0.15, -0.1) is 0 Å². The molecule has 5 nitrogen and oxygen atoms in total. The molecule has 0 spiro atoms. The number of rotatable bonds is 3. The van der Waals surface area contributed by atoms with Crippen LogP contribution in [-0.4, -0.2) is 21.9 Å². The average Bonchev–Trinajstić information content (AvgIpc) is 3.38. The van der Waals surface area contributed by atoms with Crippen molar-refractivity contribution in [1.29, 1.82) is 0 Å². The highest BCUT2D eigenvalue weighted by atomic mass is 16.2. The third kappa shape index (κ3) is 2.49. The molecule has 3 aliphatic carbocycles. The van der Waals surface area contributed by atoms with Crippen molar-refractivity contribution < 1.29 is 4.79 Å². The summed E-state index contributed by atoms with van der Waals surface area (Å²) in [6, 6.07) is 7.70. The smallest absolute Gasteiger partial charge is 0.258 e. The molecule has 0 aliphatic heterocycles. The van der Waals surface area contributed by atoms with Crippen LogP contribution in [0.4, 0.5) is 0 Å². The van der Waals surface area contributed by atoms with Gasteiger partial charge in [-0.3, -0.25) is 9.59 Å². The van der Waals surface area contributed by atoms with E-state index in [1.165, 1.54) is 12.8 Å². The van der Waals surface area contributed by atoms with E-state index in [9.17, 15) is 9.59 Å². The topological polar surface area (TPSA) is 74.8 Å². The summed E-state index contributed by atoms with van der Waals surface area (Å²) in [7, 11) is 0. The number of benzene rings is 1. The van der Waals surface area contributed by atoms with Gasteiger partial charge in [0.05, 0.1) is 16.8 Å². The predicted molar refractivity (Wildman–Crippen MR) is 99.7 cm³/mol. The molecule has 2 bridgehead atoms. The Hall–Kier alpha value is -2.43. The summed E-state index contributed by atoms with van der Waals surface area (Å²) >= 11 is 0. The lowest BCUT2D eigenvalue weighted by Gasteiger charge is -2.27. The van der Waals surface area contributed by atoms with Gasteiger partial charge in [0.1, 0.15) is 5.82 Å². The Balaban J connectivity index is 1.51. The minimum Gasteiger partial charge on any atom is -0.353 e. The fourth-order valence-electron chi connectivity index (χ4n) is 5.18. The van der Waals surface area contributed by atoms with Gasteiger partial charge in [-0.2, -0.15) is 0 Å². The molecule has 1 aromatic carbocycles.